The number of aromatic nitrogens is 2. The molecular formula is C12H20Cl2N2. The first-order chi connectivity index (χ1) is 7.60. The van der Waals surface area contributed by atoms with Crippen LogP contribution in [0.3, 0.4) is 0 Å². The summed E-state index contributed by atoms with van der Waals surface area (Å²) in [7, 11) is 0. The van der Waals surface area contributed by atoms with Crippen molar-refractivity contribution < 1.29 is 0 Å². The Kier molecular flexibility index (Phi) is 5.63. The topological polar surface area (TPSA) is 17.8 Å². The maximum atomic E-state index is 6.23. The van der Waals surface area contributed by atoms with E-state index in [-0.39, 0.29) is 5.38 Å². The number of halogens is 2. The number of aryl methyl sites for hydroxylation is 2. The molecule has 1 rings (SSSR count). The minimum Gasteiger partial charge on any atom is -0.268 e. The molecule has 16 heavy (non-hydrogen) atoms. The molecule has 1 atom stereocenters. The summed E-state index contributed by atoms with van der Waals surface area (Å²) in [5.74, 6) is 0. The number of alkyl halides is 1. The predicted molar refractivity (Wildman–Crippen MR) is 70.5 cm³/mol. The molecule has 1 aromatic rings. The number of hydrogen-bond donors (Lipinski definition) is 0. The Balaban J connectivity index is 2.65. The molecule has 0 spiro atoms. The van der Waals surface area contributed by atoms with Crippen LogP contribution < -0.4 is 0 Å². The largest absolute Gasteiger partial charge is 0.268 e. The van der Waals surface area contributed by atoms with Gasteiger partial charge in [0.1, 0.15) is 0 Å². The summed E-state index contributed by atoms with van der Waals surface area (Å²) in [5, 5.41) is 5.45. The minimum atomic E-state index is 0.251. The van der Waals surface area contributed by atoms with Crippen LogP contribution in [0.1, 0.15) is 44.5 Å². The Morgan fingerprint density at radius 1 is 1.31 bits per heavy atom. The Morgan fingerprint density at radius 3 is 2.56 bits per heavy atom. The van der Waals surface area contributed by atoms with E-state index in [0.717, 1.165) is 48.6 Å². The molecule has 1 unspecified atom stereocenters. The zero-order valence-corrected chi connectivity index (χ0v) is 11.8. The van der Waals surface area contributed by atoms with Gasteiger partial charge in [0.15, 0.2) is 0 Å². The van der Waals surface area contributed by atoms with Crippen LogP contribution in [-0.2, 0) is 13.0 Å². The van der Waals surface area contributed by atoms with Gasteiger partial charge in [0, 0.05) is 11.9 Å². The van der Waals surface area contributed by atoms with E-state index in [1.54, 1.807) is 0 Å². The first kappa shape index (κ1) is 13.9. The molecule has 0 aliphatic heterocycles. The molecule has 2 nitrogen and oxygen atoms in total. The first-order valence-electron chi connectivity index (χ1n) is 5.95. The van der Waals surface area contributed by atoms with Crippen molar-refractivity contribution in [3.05, 3.63) is 16.4 Å². The van der Waals surface area contributed by atoms with E-state index in [1.807, 2.05) is 11.6 Å². The molecular weight excluding hydrogens is 243 g/mol. The molecule has 0 aliphatic carbocycles. The Hall–Kier alpha value is -0.210. The van der Waals surface area contributed by atoms with E-state index in [0.29, 0.717) is 0 Å². The van der Waals surface area contributed by atoms with Crippen molar-refractivity contribution in [2.75, 3.05) is 0 Å². The fourth-order valence-electron chi connectivity index (χ4n) is 1.86. The van der Waals surface area contributed by atoms with Crippen molar-refractivity contribution in [3.63, 3.8) is 0 Å². The van der Waals surface area contributed by atoms with Crippen molar-refractivity contribution in [2.24, 2.45) is 0 Å². The van der Waals surface area contributed by atoms with Gasteiger partial charge in [-0.1, -0.05) is 24.9 Å². The smallest absolute Gasteiger partial charge is 0.0847 e. The van der Waals surface area contributed by atoms with Crippen LogP contribution in [0, 0.1) is 6.92 Å². The fraction of sp³-hybridized carbons (Fsp3) is 0.750. The molecule has 0 aliphatic rings. The lowest BCUT2D eigenvalue weighted by atomic mass is 10.1. The van der Waals surface area contributed by atoms with Crippen LogP contribution in [0.5, 0.6) is 0 Å². The van der Waals surface area contributed by atoms with Crippen molar-refractivity contribution in [3.8, 4) is 0 Å². The van der Waals surface area contributed by atoms with Gasteiger partial charge < -0.3 is 0 Å². The van der Waals surface area contributed by atoms with Crippen LogP contribution in [0.2, 0.25) is 5.02 Å². The van der Waals surface area contributed by atoms with E-state index in [4.69, 9.17) is 23.2 Å². The van der Waals surface area contributed by atoms with Crippen LogP contribution in [0.25, 0.3) is 0 Å². The minimum absolute atomic E-state index is 0.251. The molecule has 0 radical (unpaired) electrons. The second-order valence-electron chi connectivity index (χ2n) is 4.09. The summed E-state index contributed by atoms with van der Waals surface area (Å²) >= 11 is 12.4. The average Bonchev–Trinajstić information content (AvgIpc) is 2.53. The van der Waals surface area contributed by atoms with Gasteiger partial charge in [-0.25, -0.2) is 0 Å². The second kappa shape index (κ2) is 6.51. The van der Waals surface area contributed by atoms with Gasteiger partial charge in [-0.3, -0.25) is 4.68 Å². The third-order valence-corrected chi connectivity index (χ3v) is 3.68. The lowest BCUT2D eigenvalue weighted by Crippen LogP contribution is -2.06. The summed E-state index contributed by atoms with van der Waals surface area (Å²) < 4.78 is 1.98. The van der Waals surface area contributed by atoms with Gasteiger partial charge in [-0.05, 0) is 33.1 Å². The second-order valence-corrected chi connectivity index (χ2v) is 5.08. The third-order valence-electron chi connectivity index (χ3n) is 2.75. The van der Waals surface area contributed by atoms with Gasteiger partial charge in [-0.15, -0.1) is 11.6 Å². The Morgan fingerprint density at radius 2 is 2.00 bits per heavy atom. The lowest BCUT2D eigenvalue weighted by Gasteiger charge is -2.09. The predicted octanol–water partition coefficient (Wildman–Crippen LogP) is 4.20. The highest BCUT2D eigenvalue weighted by atomic mass is 35.5. The summed E-state index contributed by atoms with van der Waals surface area (Å²) in [6.45, 7) is 7.05. The van der Waals surface area contributed by atoms with Gasteiger partial charge in [0.2, 0.25) is 0 Å². The highest BCUT2D eigenvalue weighted by Gasteiger charge is 2.13. The molecule has 92 valence electrons. The summed E-state index contributed by atoms with van der Waals surface area (Å²) in [5.41, 5.74) is 2.04. The maximum Gasteiger partial charge on any atom is 0.0847 e. The van der Waals surface area contributed by atoms with Crippen LogP contribution in [-0.4, -0.2) is 15.2 Å². The van der Waals surface area contributed by atoms with E-state index in [2.05, 4.69) is 18.9 Å². The summed E-state index contributed by atoms with van der Waals surface area (Å²) in [4.78, 5) is 0. The lowest BCUT2D eigenvalue weighted by molar-refractivity contribution is 0.591. The maximum absolute atomic E-state index is 6.23. The molecule has 1 heterocycles. The number of nitrogens with zero attached hydrogens (tertiary/aromatic N) is 2. The zero-order chi connectivity index (χ0) is 12.1. The highest BCUT2D eigenvalue weighted by molar-refractivity contribution is 6.31. The molecule has 0 saturated carbocycles. The monoisotopic (exact) mass is 262 g/mol. The molecule has 0 amide bonds. The average molecular weight is 263 g/mol. The van der Waals surface area contributed by atoms with Crippen LogP contribution in [0.4, 0.5) is 0 Å². The molecule has 0 aromatic carbocycles. The van der Waals surface area contributed by atoms with Gasteiger partial charge >= 0.3 is 0 Å². The standard InChI is InChI=1S/C12H20Cl2N2/c1-4-6-10(13)7-8-11-12(14)9(3)15-16(11)5-2/h10H,4-8H2,1-3H3. The quantitative estimate of drug-likeness (QED) is 0.703. The third kappa shape index (κ3) is 3.39. The fourth-order valence-corrected chi connectivity index (χ4v) is 2.42. The van der Waals surface area contributed by atoms with Crippen molar-refractivity contribution in [1.29, 1.82) is 0 Å². The van der Waals surface area contributed by atoms with Gasteiger partial charge in [0.05, 0.1) is 16.4 Å². The molecule has 0 N–H and O–H groups in total. The van der Waals surface area contributed by atoms with Crippen molar-refractivity contribution >= 4 is 23.2 Å². The Labute approximate surface area is 108 Å². The van der Waals surface area contributed by atoms with Gasteiger partial charge in [0.25, 0.3) is 0 Å². The first-order valence-corrected chi connectivity index (χ1v) is 6.77. The SMILES string of the molecule is CCCC(Cl)CCc1c(Cl)c(C)nn1CC. The Bertz CT molecular complexity index is 334. The normalized spacial score (nSPS) is 13.1. The number of rotatable bonds is 6. The van der Waals surface area contributed by atoms with E-state index in [9.17, 15) is 0 Å². The van der Waals surface area contributed by atoms with E-state index < -0.39 is 0 Å². The molecule has 1 aromatic heterocycles. The van der Waals surface area contributed by atoms with E-state index in [1.165, 1.54) is 0 Å². The van der Waals surface area contributed by atoms with Crippen LogP contribution in [0.15, 0.2) is 0 Å². The summed E-state index contributed by atoms with van der Waals surface area (Å²) in [6.07, 6.45) is 4.09. The van der Waals surface area contributed by atoms with Crippen molar-refractivity contribution in [1.82, 2.24) is 9.78 Å². The van der Waals surface area contributed by atoms with Crippen molar-refractivity contribution in [2.45, 2.75) is 58.4 Å². The summed E-state index contributed by atoms with van der Waals surface area (Å²) in [6, 6.07) is 0. The molecule has 0 saturated heterocycles. The number of hydrogen-bond acceptors (Lipinski definition) is 1. The molecule has 4 heteroatoms. The molecule has 0 fully saturated rings. The van der Waals surface area contributed by atoms with E-state index >= 15 is 0 Å². The zero-order valence-electron chi connectivity index (χ0n) is 10.3. The van der Waals surface area contributed by atoms with Gasteiger partial charge in [-0.2, -0.15) is 5.10 Å². The highest BCUT2D eigenvalue weighted by Crippen LogP contribution is 2.23. The molecule has 0 bridgehead atoms. The van der Waals surface area contributed by atoms with Crippen LogP contribution >= 0.6 is 23.2 Å².